The lowest BCUT2D eigenvalue weighted by Crippen LogP contribution is -2.49. The molecule has 0 aliphatic carbocycles. The number of carbonyl (C=O) groups excluding carboxylic acids is 1. The Hall–Kier alpha value is -1.35. The number of nitrogens with two attached hydrogens (primary N) is 1. The predicted molar refractivity (Wildman–Crippen MR) is 73.5 cm³/mol. The number of hydrogen-bond acceptors (Lipinski definition) is 2. The largest absolute Gasteiger partial charge is 0.337 e. The molecule has 2 rings (SSSR count). The summed E-state index contributed by atoms with van der Waals surface area (Å²) in [7, 11) is 0. The van der Waals surface area contributed by atoms with Crippen molar-refractivity contribution in [1.29, 1.82) is 0 Å². The number of benzene rings is 1. The van der Waals surface area contributed by atoms with Crippen LogP contribution in [0.1, 0.15) is 36.2 Å². The van der Waals surface area contributed by atoms with E-state index in [0.717, 1.165) is 30.5 Å². The molecule has 1 fully saturated rings. The number of amides is 1. The van der Waals surface area contributed by atoms with E-state index >= 15 is 0 Å². The fourth-order valence-corrected chi connectivity index (χ4v) is 2.49. The second-order valence-electron chi connectivity index (χ2n) is 5.19. The van der Waals surface area contributed by atoms with Crippen molar-refractivity contribution in [3.63, 3.8) is 0 Å². The van der Waals surface area contributed by atoms with Crippen LogP contribution >= 0.6 is 0 Å². The van der Waals surface area contributed by atoms with Crippen molar-refractivity contribution in [1.82, 2.24) is 4.90 Å². The van der Waals surface area contributed by atoms with Crippen LogP contribution in [0, 0.1) is 5.92 Å². The third-order valence-corrected chi connectivity index (χ3v) is 3.93. The molecule has 1 amide bonds. The highest BCUT2D eigenvalue weighted by atomic mass is 16.2. The summed E-state index contributed by atoms with van der Waals surface area (Å²) in [6.45, 7) is 5.74. The van der Waals surface area contributed by atoms with Gasteiger partial charge in [0.2, 0.25) is 0 Å². The molecule has 0 spiro atoms. The second kappa shape index (κ2) is 5.53. The molecule has 0 radical (unpaired) electrons. The zero-order valence-corrected chi connectivity index (χ0v) is 11.2. The summed E-state index contributed by atoms with van der Waals surface area (Å²) < 4.78 is 0. The van der Waals surface area contributed by atoms with Gasteiger partial charge in [0.05, 0.1) is 0 Å². The summed E-state index contributed by atoms with van der Waals surface area (Å²) >= 11 is 0. The van der Waals surface area contributed by atoms with Crippen LogP contribution in [0.5, 0.6) is 0 Å². The van der Waals surface area contributed by atoms with Gasteiger partial charge >= 0.3 is 0 Å². The van der Waals surface area contributed by atoms with Gasteiger partial charge in [-0.2, -0.15) is 0 Å². The average molecular weight is 246 g/mol. The van der Waals surface area contributed by atoms with Crippen LogP contribution in [0.4, 0.5) is 0 Å². The first-order chi connectivity index (χ1) is 8.63. The first kappa shape index (κ1) is 13.1. The van der Waals surface area contributed by atoms with Crippen molar-refractivity contribution >= 4 is 5.91 Å². The van der Waals surface area contributed by atoms with E-state index in [1.165, 1.54) is 0 Å². The first-order valence-electron chi connectivity index (χ1n) is 6.76. The van der Waals surface area contributed by atoms with E-state index in [2.05, 4.69) is 13.8 Å². The number of likely N-dealkylation sites (tertiary alicyclic amines) is 1. The third-order valence-electron chi connectivity index (χ3n) is 3.93. The van der Waals surface area contributed by atoms with Crippen LogP contribution in [0.15, 0.2) is 24.3 Å². The van der Waals surface area contributed by atoms with Crippen molar-refractivity contribution in [3.8, 4) is 0 Å². The van der Waals surface area contributed by atoms with Gasteiger partial charge in [-0.1, -0.05) is 32.0 Å². The van der Waals surface area contributed by atoms with Gasteiger partial charge in [0.25, 0.3) is 5.91 Å². The van der Waals surface area contributed by atoms with Crippen LogP contribution < -0.4 is 5.73 Å². The molecule has 3 heteroatoms. The Morgan fingerprint density at radius 2 is 2.17 bits per heavy atom. The summed E-state index contributed by atoms with van der Waals surface area (Å²) in [6.07, 6.45) is 1.89. The van der Waals surface area contributed by atoms with Crippen molar-refractivity contribution < 1.29 is 4.79 Å². The summed E-state index contributed by atoms with van der Waals surface area (Å²) in [5, 5.41) is 0. The van der Waals surface area contributed by atoms with Gasteiger partial charge in [-0.25, -0.2) is 0 Å². The molecule has 98 valence electrons. The molecular formula is C15H22N2O. The smallest absolute Gasteiger partial charge is 0.254 e. The topological polar surface area (TPSA) is 46.3 Å². The SMILES string of the molecule is CCc1ccccc1C(=O)N1CCC(C)C(N)C1. The van der Waals surface area contributed by atoms with Gasteiger partial charge in [0, 0.05) is 24.7 Å². The molecule has 2 N–H and O–H groups in total. The Kier molecular flexibility index (Phi) is 4.02. The Balaban J connectivity index is 2.16. The maximum atomic E-state index is 12.5. The average Bonchev–Trinajstić information content (AvgIpc) is 2.41. The van der Waals surface area contributed by atoms with E-state index in [9.17, 15) is 4.79 Å². The lowest BCUT2D eigenvalue weighted by molar-refractivity contribution is 0.0671. The van der Waals surface area contributed by atoms with Crippen LogP contribution in [-0.4, -0.2) is 29.9 Å². The van der Waals surface area contributed by atoms with Crippen LogP contribution in [0.2, 0.25) is 0 Å². The highest BCUT2D eigenvalue weighted by Gasteiger charge is 2.27. The molecule has 2 unspecified atom stereocenters. The third kappa shape index (κ3) is 2.56. The van der Waals surface area contributed by atoms with Gasteiger partial charge in [-0.3, -0.25) is 4.79 Å². The molecule has 3 nitrogen and oxygen atoms in total. The molecular weight excluding hydrogens is 224 g/mol. The second-order valence-corrected chi connectivity index (χ2v) is 5.19. The zero-order valence-electron chi connectivity index (χ0n) is 11.2. The summed E-state index contributed by atoms with van der Waals surface area (Å²) in [5.41, 5.74) is 8.02. The van der Waals surface area contributed by atoms with E-state index in [1.807, 2.05) is 29.2 Å². The van der Waals surface area contributed by atoms with Gasteiger partial charge in [-0.05, 0) is 30.4 Å². The molecule has 1 aromatic carbocycles. The maximum Gasteiger partial charge on any atom is 0.254 e. The standard InChI is InChI=1S/C15H22N2O/c1-3-12-6-4-5-7-13(12)15(18)17-9-8-11(2)14(16)10-17/h4-7,11,14H,3,8-10,16H2,1-2H3. The molecule has 1 aromatic rings. The van der Waals surface area contributed by atoms with Crippen molar-refractivity contribution in [2.45, 2.75) is 32.7 Å². The molecule has 0 bridgehead atoms. The minimum atomic E-state index is 0.108. The molecule has 18 heavy (non-hydrogen) atoms. The quantitative estimate of drug-likeness (QED) is 0.868. The Morgan fingerprint density at radius 3 is 2.83 bits per heavy atom. The highest BCUT2D eigenvalue weighted by Crippen LogP contribution is 2.19. The maximum absolute atomic E-state index is 12.5. The van der Waals surface area contributed by atoms with E-state index in [4.69, 9.17) is 5.73 Å². The number of piperidine rings is 1. The number of rotatable bonds is 2. The predicted octanol–water partition coefficient (Wildman–Crippen LogP) is 2.06. The van der Waals surface area contributed by atoms with Gasteiger partial charge < -0.3 is 10.6 Å². The molecule has 1 aliphatic rings. The van der Waals surface area contributed by atoms with Crippen molar-refractivity contribution in [2.24, 2.45) is 11.7 Å². The fourth-order valence-electron chi connectivity index (χ4n) is 2.49. The molecule has 0 aromatic heterocycles. The van der Waals surface area contributed by atoms with Gasteiger partial charge in [-0.15, -0.1) is 0 Å². The Labute approximate surface area is 109 Å². The van der Waals surface area contributed by atoms with Gasteiger partial charge in [0.15, 0.2) is 0 Å². The lowest BCUT2D eigenvalue weighted by Gasteiger charge is -2.35. The number of carbonyl (C=O) groups is 1. The minimum Gasteiger partial charge on any atom is -0.337 e. The van der Waals surface area contributed by atoms with E-state index < -0.39 is 0 Å². The summed E-state index contributed by atoms with van der Waals surface area (Å²) in [4.78, 5) is 14.4. The van der Waals surface area contributed by atoms with Crippen LogP contribution in [0.3, 0.4) is 0 Å². The molecule has 1 aliphatic heterocycles. The molecule has 1 saturated heterocycles. The Bertz CT molecular complexity index is 430. The van der Waals surface area contributed by atoms with Crippen molar-refractivity contribution in [2.75, 3.05) is 13.1 Å². The van der Waals surface area contributed by atoms with Crippen molar-refractivity contribution in [3.05, 3.63) is 35.4 Å². The number of aryl methyl sites for hydroxylation is 1. The number of nitrogens with zero attached hydrogens (tertiary/aromatic N) is 1. The van der Waals surface area contributed by atoms with Crippen LogP contribution in [0.25, 0.3) is 0 Å². The fraction of sp³-hybridized carbons (Fsp3) is 0.533. The minimum absolute atomic E-state index is 0.108. The van der Waals surface area contributed by atoms with Gasteiger partial charge in [0.1, 0.15) is 0 Å². The number of hydrogen-bond donors (Lipinski definition) is 1. The molecule has 2 atom stereocenters. The summed E-state index contributed by atoms with van der Waals surface area (Å²) in [5.74, 6) is 0.644. The summed E-state index contributed by atoms with van der Waals surface area (Å²) in [6, 6.07) is 7.97. The first-order valence-corrected chi connectivity index (χ1v) is 6.76. The van der Waals surface area contributed by atoms with E-state index in [0.29, 0.717) is 12.5 Å². The Morgan fingerprint density at radius 1 is 1.44 bits per heavy atom. The van der Waals surface area contributed by atoms with E-state index in [-0.39, 0.29) is 11.9 Å². The molecule has 1 heterocycles. The van der Waals surface area contributed by atoms with Crippen LogP contribution in [-0.2, 0) is 6.42 Å². The zero-order chi connectivity index (χ0) is 13.1. The van der Waals surface area contributed by atoms with E-state index in [1.54, 1.807) is 0 Å². The monoisotopic (exact) mass is 246 g/mol. The molecule has 0 saturated carbocycles. The normalized spacial score (nSPS) is 24.1. The lowest BCUT2D eigenvalue weighted by atomic mass is 9.93. The highest BCUT2D eigenvalue weighted by molar-refractivity contribution is 5.95.